The number of nitrogens with two attached hydrogens (primary N) is 1. The Kier molecular flexibility index (Phi) is 9.87. The molecular formula is C5H12ClNO2. The highest BCUT2D eigenvalue weighted by molar-refractivity contribution is 5.85. The van der Waals surface area contributed by atoms with E-state index in [2.05, 4.69) is 4.74 Å². The van der Waals surface area contributed by atoms with E-state index >= 15 is 0 Å². The Morgan fingerprint density at radius 3 is 1.89 bits per heavy atom. The van der Waals surface area contributed by atoms with E-state index in [1.165, 1.54) is 20.0 Å². The second kappa shape index (κ2) is 7.72. The summed E-state index contributed by atoms with van der Waals surface area (Å²) in [6.45, 7) is 0.375. The van der Waals surface area contributed by atoms with Gasteiger partial charge in [0.25, 0.3) is 6.47 Å². The number of carbonyl (C=O) groups excluding carboxylic acids is 1. The molecule has 1 aliphatic carbocycles. The third kappa shape index (κ3) is 18.3. The van der Waals surface area contributed by atoms with Crippen molar-refractivity contribution in [2.75, 3.05) is 7.11 Å². The first kappa shape index (κ1) is 11.5. The summed E-state index contributed by atoms with van der Waals surface area (Å²) in [5.41, 5.74) is 5.22. The van der Waals surface area contributed by atoms with Gasteiger partial charge >= 0.3 is 0 Å². The van der Waals surface area contributed by atoms with Gasteiger partial charge in [0, 0.05) is 6.04 Å². The van der Waals surface area contributed by atoms with Crippen LogP contribution < -0.4 is 5.73 Å². The maximum absolute atomic E-state index is 8.95. The zero-order valence-electron chi connectivity index (χ0n) is 5.37. The highest BCUT2D eigenvalue weighted by Gasteiger charge is 2.13. The number of hydrogen-bond acceptors (Lipinski definition) is 3. The van der Waals surface area contributed by atoms with Gasteiger partial charge in [0.2, 0.25) is 0 Å². The first-order valence-corrected chi connectivity index (χ1v) is 2.53. The highest BCUT2D eigenvalue weighted by atomic mass is 35.5. The van der Waals surface area contributed by atoms with Crippen molar-refractivity contribution in [1.29, 1.82) is 0 Å². The molecule has 0 aromatic carbocycles. The molecule has 0 aromatic heterocycles. The van der Waals surface area contributed by atoms with E-state index in [-0.39, 0.29) is 12.4 Å². The summed E-state index contributed by atoms with van der Waals surface area (Å²) in [5.74, 6) is 0. The summed E-state index contributed by atoms with van der Waals surface area (Å²) in [4.78, 5) is 8.95. The van der Waals surface area contributed by atoms with E-state index < -0.39 is 0 Å². The summed E-state index contributed by atoms with van der Waals surface area (Å²) >= 11 is 0. The van der Waals surface area contributed by atoms with Gasteiger partial charge in [0.1, 0.15) is 0 Å². The van der Waals surface area contributed by atoms with Crippen LogP contribution in [-0.4, -0.2) is 19.6 Å². The van der Waals surface area contributed by atoms with E-state index in [0.29, 0.717) is 12.5 Å². The summed E-state index contributed by atoms with van der Waals surface area (Å²) < 4.78 is 3.86. The van der Waals surface area contributed by atoms with Gasteiger partial charge in [0.05, 0.1) is 7.11 Å². The van der Waals surface area contributed by atoms with Gasteiger partial charge < -0.3 is 10.5 Å². The lowest BCUT2D eigenvalue weighted by molar-refractivity contribution is -0.126. The molecule has 2 N–H and O–H groups in total. The molecule has 0 heterocycles. The minimum absolute atomic E-state index is 0. The molecule has 1 rings (SSSR count). The molecular weight excluding hydrogens is 142 g/mol. The van der Waals surface area contributed by atoms with Gasteiger partial charge in [-0.1, -0.05) is 0 Å². The molecule has 0 radical (unpaired) electrons. The van der Waals surface area contributed by atoms with Crippen LogP contribution in [0.5, 0.6) is 0 Å². The molecule has 9 heavy (non-hydrogen) atoms. The topological polar surface area (TPSA) is 52.3 Å². The second-order valence-corrected chi connectivity index (χ2v) is 1.67. The molecule has 3 nitrogen and oxygen atoms in total. The van der Waals surface area contributed by atoms with Gasteiger partial charge in [-0.05, 0) is 12.8 Å². The fraction of sp³-hybridized carbons (Fsp3) is 0.800. The van der Waals surface area contributed by atoms with E-state index in [9.17, 15) is 0 Å². The molecule has 0 amide bonds. The largest absolute Gasteiger partial charge is 0.471 e. The Morgan fingerprint density at radius 2 is 1.89 bits per heavy atom. The van der Waals surface area contributed by atoms with Crippen molar-refractivity contribution >= 4 is 18.9 Å². The zero-order valence-corrected chi connectivity index (χ0v) is 6.19. The third-order valence-corrected chi connectivity index (χ3v) is 0.718. The Labute approximate surface area is 61.0 Å². The van der Waals surface area contributed by atoms with Crippen LogP contribution in [0.4, 0.5) is 0 Å². The normalized spacial score (nSPS) is 14.0. The van der Waals surface area contributed by atoms with Crippen LogP contribution in [-0.2, 0) is 9.53 Å². The van der Waals surface area contributed by atoms with Crippen molar-refractivity contribution in [3.63, 3.8) is 0 Å². The smallest absolute Gasteiger partial charge is 0.292 e. The SMILES string of the molecule is COC=O.Cl.NC1CC1. The van der Waals surface area contributed by atoms with Crippen molar-refractivity contribution in [3.05, 3.63) is 0 Å². The van der Waals surface area contributed by atoms with Gasteiger partial charge in [-0.15, -0.1) is 12.4 Å². The maximum atomic E-state index is 8.95. The van der Waals surface area contributed by atoms with Gasteiger partial charge in [-0.25, -0.2) is 0 Å². The number of methoxy groups -OCH3 is 1. The molecule has 0 spiro atoms. The standard InChI is InChI=1S/C3H7N.C2H4O2.ClH/c4-3-1-2-3;1-4-2-3;/h3H,1-2,4H2;2H,1H3;1H. The molecule has 4 heteroatoms. The van der Waals surface area contributed by atoms with Gasteiger partial charge in [0.15, 0.2) is 0 Å². The van der Waals surface area contributed by atoms with Crippen molar-refractivity contribution < 1.29 is 9.53 Å². The van der Waals surface area contributed by atoms with Crippen LogP contribution in [0.15, 0.2) is 0 Å². The minimum Gasteiger partial charge on any atom is -0.471 e. The first-order chi connectivity index (χ1) is 3.81. The molecule has 1 fully saturated rings. The van der Waals surface area contributed by atoms with Crippen LogP contribution in [0, 0.1) is 0 Å². The van der Waals surface area contributed by atoms with Crippen LogP contribution in [0.25, 0.3) is 0 Å². The fourth-order valence-electron chi connectivity index (χ4n) is 0.0962. The van der Waals surface area contributed by atoms with Gasteiger partial charge in [-0.2, -0.15) is 0 Å². The quantitative estimate of drug-likeness (QED) is 0.552. The van der Waals surface area contributed by atoms with Crippen molar-refractivity contribution in [2.24, 2.45) is 5.73 Å². The first-order valence-electron chi connectivity index (χ1n) is 2.53. The number of ether oxygens (including phenoxy) is 1. The average molecular weight is 154 g/mol. The number of carbonyl (C=O) groups is 1. The Morgan fingerprint density at radius 1 is 1.67 bits per heavy atom. The summed E-state index contributed by atoms with van der Waals surface area (Å²) in [5, 5.41) is 0. The zero-order chi connectivity index (χ0) is 6.41. The van der Waals surface area contributed by atoms with E-state index in [0.717, 1.165) is 0 Å². The van der Waals surface area contributed by atoms with Crippen LogP contribution in [0.2, 0.25) is 0 Å². The van der Waals surface area contributed by atoms with Crippen molar-refractivity contribution in [1.82, 2.24) is 0 Å². The Bertz CT molecular complexity index is 66.0. The molecule has 56 valence electrons. The number of halogens is 1. The molecule has 1 aliphatic rings. The summed E-state index contributed by atoms with van der Waals surface area (Å²) in [6, 6.07) is 0.583. The molecule has 0 saturated heterocycles. The summed E-state index contributed by atoms with van der Waals surface area (Å²) in [6.07, 6.45) is 2.53. The molecule has 1 saturated carbocycles. The average Bonchev–Trinajstić information content (AvgIpc) is 2.52. The molecule has 0 aromatic rings. The maximum Gasteiger partial charge on any atom is 0.292 e. The molecule has 0 atom stereocenters. The second-order valence-electron chi connectivity index (χ2n) is 1.67. The summed E-state index contributed by atoms with van der Waals surface area (Å²) in [7, 11) is 1.31. The van der Waals surface area contributed by atoms with Crippen molar-refractivity contribution in [2.45, 2.75) is 18.9 Å². The fourth-order valence-corrected chi connectivity index (χ4v) is 0.0962. The lowest BCUT2D eigenvalue weighted by atomic mass is 10.8. The predicted molar refractivity (Wildman–Crippen MR) is 37.5 cm³/mol. The van der Waals surface area contributed by atoms with E-state index in [1.807, 2.05) is 0 Å². The predicted octanol–water partition coefficient (Wildman–Crippen LogP) is 0.318. The van der Waals surface area contributed by atoms with Crippen LogP contribution in [0.3, 0.4) is 0 Å². The number of hydrogen-bond donors (Lipinski definition) is 1. The molecule has 0 unspecified atom stereocenters. The van der Waals surface area contributed by atoms with E-state index in [1.54, 1.807) is 0 Å². The van der Waals surface area contributed by atoms with Gasteiger partial charge in [-0.3, -0.25) is 4.79 Å². The lowest BCUT2D eigenvalue weighted by Crippen LogP contribution is -1.94. The molecule has 0 bridgehead atoms. The highest BCUT2D eigenvalue weighted by Crippen LogP contribution is 2.13. The monoisotopic (exact) mass is 153 g/mol. The van der Waals surface area contributed by atoms with Crippen LogP contribution in [0.1, 0.15) is 12.8 Å². The van der Waals surface area contributed by atoms with Crippen LogP contribution >= 0.6 is 12.4 Å². The third-order valence-electron chi connectivity index (χ3n) is 0.718. The lowest BCUT2D eigenvalue weighted by Gasteiger charge is -1.67. The van der Waals surface area contributed by atoms with Crippen molar-refractivity contribution in [3.8, 4) is 0 Å². The molecule has 0 aliphatic heterocycles. The Balaban J connectivity index is 0. The Hall–Kier alpha value is -0.280. The minimum atomic E-state index is 0. The van der Waals surface area contributed by atoms with E-state index in [4.69, 9.17) is 10.5 Å². The number of rotatable bonds is 1.